The number of hydrogen-bond acceptors (Lipinski definition) is 5. The van der Waals surface area contributed by atoms with Gasteiger partial charge in [0.2, 0.25) is 5.91 Å². The molecule has 1 aromatic heterocycles. The van der Waals surface area contributed by atoms with Crippen LogP contribution in [0, 0.1) is 0 Å². The Kier molecular flexibility index (Phi) is 5.31. The van der Waals surface area contributed by atoms with Crippen molar-refractivity contribution in [2.24, 2.45) is 11.5 Å². The maximum atomic E-state index is 10.4. The van der Waals surface area contributed by atoms with Gasteiger partial charge < -0.3 is 21.5 Å². The lowest BCUT2D eigenvalue weighted by Crippen LogP contribution is -2.21. The van der Waals surface area contributed by atoms with Crippen molar-refractivity contribution in [2.75, 3.05) is 25.1 Å². The lowest BCUT2D eigenvalue weighted by atomic mass is 10.3. The van der Waals surface area contributed by atoms with Crippen molar-refractivity contribution in [2.45, 2.75) is 0 Å². The number of hydrogen-bond donors (Lipinski definition) is 3. The predicted molar refractivity (Wildman–Crippen MR) is 68.6 cm³/mol. The number of carbonyl (C=O) groups excluding carboxylic acids is 1. The van der Waals surface area contributed by atoms with Crippen molar-refractivity contribution in [1.29, 1.82) is 0 Å². The smallest absolute Gasteiger partial charge is 0.243 e. The maximum Gasteiger partial charge on any atom is 0.243 e. The lowest BCUT2D eigenvalue weighted by molar-refractivity contribution is -0.122. The van der Waals surface area contributed by atoms with E-state index < -0.39 is 5.91 Å². The van der Waals surface area contributed by atoms with Crippen LogP contribution in [0.15, 0.2) is 18.2 Å². The van der Waals surface area contributed by atoms with Crippen LogP contribution in [-0.2, 0) is 9.53 Å². The molecule has 17 heavy (non-hydrogen) atoms. The highest BCUT2D eigenvalue weighted by molar-refractivity contribution is 7.80. The Morgan fingerprint density at radius 2 is 2.24 bits per heavy atom. The Bertz CT molecular complexity index is 411. The first-order valence-corrected chi connectivity index (χ1v) is 5.37. The van der Waals surface area contributed by atoms with E-state index in [1.165, 1.54) is 0 Å². The minimum Gasteiger partial charge on any atom is -0.388 e. The molecule has 0 aromatic carbocycles. The number of pyridine rings is 1. The van der Waals surface area contributed by atoms with Gasteiger partial charge in [-0.05, 0) is 12.1 Å². The van der Waals surface area contributed by atoms with Crippen molar-refractivity contribution >= 4 is 28.9 Å². The first-order chi connectivity index (χ1) is 8.09. The zero-order valence-corrected chi connectivity index (χ0v) is 10.00. The average molecular weight is 254 g/mol. The zero-order valence-electron chi connectivity index (χ0n) is 9.18. The van der Waals surface area contributed by atoms with Crippen LogP contribution < -0.4 is 16.8 Å². The number of anilines is 1. The van der Waals surface area contributed by atoms with Gasteiger partial charge >= 0.3 is 0 Å². The number of carbonyl (C=O) groups is 1. The Hall–Kier alpha value is -1.73. The quantitative estimate of drug-likeness (QED) is 0.453. The number of nitrogens with one attached hydrogen (secondary N) is 1. The summed E-state index contributed by atoms with van der Waals surface area (Å²) in [5.41, 5.74) is 10.9. The highest BCUT2D eigenvalue weighted by Crippen LogP contribution is 2.04. The fourth-order valence-corrected chi connectivity index (χ4v) is 1.21. The van der Waals surface area contributed by atoms with Crippen LogP contribution in [0.5, 0.6) is 0 Å². The van der Waals surface area contributed by atoms with Gasteiger partial charge in [0.1, 0.15) is 17.4 Å². The SMILES string of the molecule is NC(=O)COCCNc1cccc(C(N)=S)n1. The van der Waals surface area contributed by atoms with Gasteiger partial charge in [-0.1, -0.05) is 18.3 Å². The third-order valence-corrected chi connectivity index (χ3v) is 2.01. The molecule has 7 heteroatoms. The number of ether oxygens (including phenoxy) is 1. The lowest BCUT2D eigenvalue weighted by Gasteiger charge is -2.06. The summed E-state index contributed by atoms with van der Waals surface area (Å²) in [6.45, 7) is 0.797. The van der Waals surface area contributed by atoms with Crippen LogP contribution in [-0.4, -0.2) is 35.6 Å². The van der Waals surface area contributed by atoms with Crippen LogP contribution in [0.3, 0.4) is 0 Å². The average Bonchev–Trinajstić information content (AvgIpc) is 2.28. The van der Waals surface area contributed by atoms with E-state index in [0.717, 1.165) is 0 Å². The second-order valence-corrected chi connectivity index (χ2v) is 3.66. The molecule has 1 aromatic rings. The molecule has 0 aliphatic rings. The summed E-state index contributed by atoms with van der Waals surface area (Å²) in [7, 11) is 0. The Balaban J connectivity index is 2.34. The molecule has 1 amide bonds. The van der Waals surface area contributed by atoms with Gasteiger partial charge in [0.25, 0.3) is 0 Å². The Morgan fingerprint density at radius 3 is 2.88 bits per heavy atom. The summed E-state index contributed by atoms with van der Waals surface area (Å²) in [6.07, 6.45) is 0. The molecule has 0 aliphatic carbocycles. The molecule has 92 valence electrons. The highest BCUT2D eigenvalue weighted by Gasteiger charge is 1.99. The molecular weight excluding hydrogens is 240 g/mol. The number of amides is 1. The Morgan fingerprint density at radius 1 is 1.47 bits per heavy atom. The van der Waals surface area contributed by atoms with E-state index in [9.17, 15) is 4.79 Å². The summed E-state index contributed by atoms with van der Waals surface area (Å²) in [5.74, 6) is 0.163. The summed E-state index contributed by atoms with van der Waals surface area (Å²) < 4.78 is 4.98. The van der Waals surface area contributed by atoms with Crippen molar-refractivity contribution < 1.29 is 9.53 Å². The second-order valence-electron chi connectivity index (χ2n) is 3.22. The molecule has 0 bridgehead atoms. The summed E-state index contributed by atoms with van der Waals surface area (Å²) in [4.78, 5) is 14.8. The van der Waals surface area contributed by atoms with Crippen LogP contribution in [0.25, 0.3) is 0 Å². The second kappa shape index (κ2) is 6.77. The van der Waals surface area contributed by atoms with E-state index >= 15 is 0 Å². The van der Waals surface area contributed by atoms with Gasteiger partial charge in [-0.2, -0.15) is 0 Å². The fraction of sp³-hybridized carbons (Fsp3) is 0.300. The van der Waals surface area contributed by atoms with Crippen LogP contribution in [0.2, 0.25) is 0 Å². The molecule has 0 unspecified atom stereocenters. The van der Waals surface area contributed by atoms with Crippen molar-refractivity contribution in [3.8, 4) is 0 Å². The van der Waals surface area contributed by atoms with Gasteiger partial charge in [-0.25, -0.2) is 4.98 Å². The minimum absolute atomic E-state index is 0.0813. The highest BCUT2D eigenvalue weighted by atomic mass is 32.1. The third-order valence-electron chi connectivity index (χ3n) is 1.80. The molecule has 0 saturated heterocycles. The fourth-order valence-electron chi connectivity index (χ4n) is 1.09. The molecule has 0 aliphatic heterocycles. The molecule has 0 fully saturated rings. The molecule has 1 heterocycles. The van der Waals surface area contributed by atoms with E-state index in [0.29, 0.717) is 24.7 Å². The van der Waals surface area contributed by atoms with Gasteiger partial charge in [0.15, 0.2) is 0 Å². The van der Waals surface area contributed by atoms with Gasteiger partial charge in [0.05, 0.1) is 12.3 Å². The molecule has 6 nitrogen and oxygen atoms in total. The molecular formula is C10H14N4O2S. The maximum absolute atomic E-state index is 10.4. The number of rotatable bonds is 7. The number of thiocarbonyl (C=S) groups is 1. The number of nitrogens with two attached hydrogens (primary N) is 2. The standard InChI is InChI=1S/C10H14N4O2S/c11-8(15)6-16-5-4-13-9-3-1-2-7(14-9)10(12)17/h1-3H,4-6H2,(H2,11,15)(H2,12,17)(H,13,14). The van der Waals surface area contributed by atoms with Gasteiger partial charge in [-0.3, -0.25) is 4.79 Å². The number of primary amides is 1. The van der Waals surface area contributed by atoms with Crippen LogP contribution >= 0.6 is 12.2 Å². The molecule has 0 saturated carbocycles. The van der Waals surface area contributed by atoms with Crippen LogP contribution in [0.4, 0.5) is 5.82 Å². The van der Waals surface area contributed by atoms with Gasteiger partial charge in [-0.15, -0.1) is 0 Å². The normalized spacial score (nSPS) is 9.88. The summed E-state index contributed by atoms with van der Waals surface area (Å²) in [5, 5.41) is 3.01. The van der Waals surface area contributed by atoms with E-state index in [4.69, 9.17) is 28.4 Å². The zero-order chi connectivity index (χ0) is 12.7. The minimum atomic E-state index is -0.487. The van der Waals surface area contributed by atoms with E-state index in [-0.39, 0.29) is 11.6 Å². The van der Waals surface area contributed by atoms with E-state index in [1.807, 2.05) is 0 Å². The van der Waals surface area contributed by atoms with Gasteiger partial charge in [0, 0.05) is 6.54 Å². The number of nitrogens with zero attached hydrogens (tertiary/aromatic N) is 1. The predicted octanol–water partition coefficient (Wildman–Crippen LogP) is -0.370. The van der Waals surface area contributed by atoms with Crippen molar-refractivity contribution in [3.63, 3.8) is 0 Å². The largest absolute Gasteiger partial charge is 0.388 e. The molecule has 5 N–H and O–H groups in total. The van der Waals surface area contributed by atoms with E-state index in [1.54, 1.807) is 18.2 Å². The molecule has 0 radical (unpaired) electrons. The first kappa shape index (κ1) is 13.3. The molecule has 0 spiro atoms. The van der Waals surface area contributed by atoms with E-state index in [2.05, 4.69) is 10.3 Å². The van der Waals surface area contributed by atoms with Crippen LogP contribution in [0.1, 0.15) is 5.69 Å². The topological polar surface area (TPSA) is 103 Å². The monoisotopic (exact) mass is 254 g/mol. The summed E-state index contributed by atoms with van der Waals surface area (Å²) in [6, 6.07) is 5.32. The van der Waals surface area contributed by atoms with Crippen molar-refractivity contribution in [1.82, 2.24) is 4.98 Å². The van der Waals surface area contributed by atoms with Crippen molar-refractivity contribution in [3.05, 3.63) is 23.9 Å². The summed E-state index contributed by atoms with van der Waals surface area (Å²) >= 11 is 4.82. The molecule has 0 atom stereocenters. The molecule has 1 rings (SSSR count). The number of aromatic nitrogens is 1. The third kappa shape index (κ3) is 5.23. The Labute approximate surface area is 104 Å². The first-order valence-electron chi connectivity index (χ1n) is 4.96.